The molecule has 0 aromatic carbocycles. The largest absolute Gasteiger partial charge is 0.334 e. The minimum Gasteiger partial charge on any atom is -0.316 e. The van der Waals surface area contributed by atoms with Crippen molar-refractivity contribution >= 4 is 0 Å². The molecule has 5 heteroatoms. The minimum absolute atomic E-state index is 0.377. The monoisotopic (exact) mass is 209 g/mol. The lowest BCUT2D eigenvalue weighted by molar-refractivity contribution is 0.636. The van der Waals surface area contributed by atoms with Crippen LogP contribution in [-0.4, -0.2) is 23.3 Å². The Morgan fingerprint density at radius 1 is 1.33 bits per heavy atom. The molecule has 0 amide bonds. The Kier molecular flexibility index (Phi) is 3.14. The van der Waals surface area contributed by atoms with Crippen molar-refractivity contribution in [3.8, 4) is 0 Å². The zero-order valence-corrected chi connectivity index (χ0v) is 9.23. The molecule has 1 rings (SSSR count). The van der Waals surface area contributed by atoms with Gasteiger partial charge in [0.25, 0.3) is 0 Å². The first kappa shape index (κ1) is 11.3. The summed E-state index contributed by atoms with van der Waals surface area (Å²) in [6.07, 6.45) is 3.14. The van der Waals surface area contributed by atoms with Gasteiger partial charge in [0.2, 0.25) is 0 Å². The molecule has 15 heavy (non-hydrogen) atoms. The van der Waals surface area contributed by atoms with Gasteiger partial charge in [0.05, 0.1) is 0 Å². The molecule has 0 unspecified atom stereocenters. The molecule has 0 fully saturated rings. The van der Waals surface area contributed by atoms with E-state index in [1.807, 2.05) is 6.92 Å². The van der Waals surface area contributed by atoms with E-state index >= 15 is 0 Å². The zero-order valence-electron chi connectivity index (χ0n) is 9.23. The molecule has 0 saturated carbocycles. The second-order valence-corrected chi connectivity index (χ2v) is 3.69. The molecule has 0 aliphatic rings. The van der Waals surface area contributed by atoms with E-state index in [1.165, 1.54) is 9.24 Å². The van der Waals surface area contributed by atoms with Crippen LogP contribution in [0.2, 0.25) is 0 Å². The Bertz CT molecular complexity index is 482. The van der Waals surface area contributed by atoms with Crippen LogP contribution in [-0.2, 0) is 6.54 Å². The summed E-state index contributed by atoms with van der Waals surface area (Å²) in [5.74, 6) is 0. The van der Waals surface area contributed by atoms with Crippen LogP contribution in [0.15, 0.2) is 34.1 Å². The Hall–Kier alpha value is -1.78. The van der Waals surface area contributed by atoms with E-state index in [4.69, 9.17) is 0 Å². The van der Waals surface area contributed by atoms with Crippen LogP contribution in [0.1, 0.15) is 6.92 Å². The van der Waals surface area contributed by atoms with Gasteiger partial charge in [-0.15, -0.1) is 0 Å². The number of rotatable bonds is 3. The van der Waals surface area contributed by atoms with Gasteiger partial charge < -0.3 is 9.58 Å². The van der Waals surface area contributed by atoms with Crippen molar-refractivity contribution in [1.82, 2.24) is 9.24 Å². The normalized spacial score (nSPS) is 10.1. The highest BCUT2D eigenvalue weighted by atomic mass is 16.2. The second kappa shape index (κ2) is 4.16. The van der Waals surface area contributed by atoms with Crippen molar-refractivity contribution in [1.29, 1.82) is 0 Å². The zero-order chi connectivity index (χ0) is 11.6. The molecule has 0 aliphatic carbocycles. The van der Waals surface area contributed by atoms with E-state index in [1.54, 1.807) is 31.5 Å². The van der Waals surface area contributed by atoms with Gasteiger partial charge in [-0.05, 0) is 6.92 Å². The quantitative estimate of drug-likeness (QED) is 0.511. The van der Waals surface area contributed by atoms with Crippen LogP contribution < -0.4 is 16.1 Å². The molecule has 0 bridgehead atoms. The average molecular weight is 209 g/mol. The number of aromatic nitrogens is 2. The average Bonchev–Trinajstić information content (AvgIpc) is 2.12. The maximum Gasteiger partial charge on any atom is 0.334 e. The fourth-order valence-corrected chi connectivity index (χ4v) is 1.23. The van der Waals surface area contributed by atoms with Gasteiger partial charge in [0.1, 0.15) is 0 Å². The molecule has 82 valence electrons. The van der Waals surface area contributed by atoms with E-state index in [0.29, 0.717) is 6.54 Å². The van der Waals surface area contributed by atoms with Crippen molar-refractivity contribution in [2.75, 3.05) is 19.1 Å². The molecule has 0 atom stereocenters. The van der Waals surface area contributed by atoms with Gasteiger partial charge in [0.15, 0.2) is 0 Å². The second-order valence-electron chi connectivity index (χ2n) is 3.69. The summed E-state index contributed by atoms with van der Waals surface area (Å²) < 4.78 is 2.61. The third-order valence-corrected chi connectivity index (χ3v) is 1.91. The van der Waals surface area contributed by atoms with Gasteiger partial charge in [-0.1, -0.05) is 12.2 Å². The Balaban J connectivity index is 3.28. The molecule has 0 saturated heterocycles. The van der Waals surface area contributed by atoms with Crippen LogP contribution in [0.4, 0.5) is 0 Å². The first-order valence-corrected chi connectivity index (χ1v) is 4.57. The topological polar surface area (TPSA) is 47.2 Å². The Labute approximate surface area is 87.8 Å². The Morgan fingerprint density at radius 2 is 1.93 bits per heavy atom. The first-order chi connectivity index (χ1) is 6.93. The van der Waals surface area contributed by atoms with Gasteiger partial charge in [0, 0.05) is 33.0 Å². The SMILES string of the molecule is C=C(C)Cn1ccn(N(C)C)c(=O)c1=O. The van der Waals surface area contributed by atoms with Gasteiger partial charge in [-0.2, -0.15) is 0 Å². The lowest BCUT2D eigenvalue weighted by atomic mass is 10.3. The minimum atomic E-state index is -0.552. The van der Waals surface area contributed by atoms with Crippen LogP contribution in [0.5, 0.6) is 0 Å². The van der Waals surface area contributed by atoms with Crippen molar-refractivity contribution < 1.29 is 0 Å². The molecule has 5 nitrogen and oxygen atoms in total. The summed E-state index contributed by atoms with van der Waals surface area (Å²) in [5.41, 5.74) is -0.253. The van der Waals surface area contributed by atoms with E-state index in [9.17, 15) is 9.59 Å². The van der Waals surface area contributed by atoms with Gasteiger partial charge in [-0.25, -0.2) is 4.68 Å². The maximum atomic E-state index is 11.6. The van der Waals surface area contributed by atoms with Gasteiger partial charge >= 0.3 is 11.1 Å². The summed E-state index contributed by atoms with van der Waals surface area (Å²) in [6, 6.07) is 0. The molecule has 0 N–H and O–H groups in total. The lowest BCUT2D eigenvalue weighted by Crippen LogP contribution is -2.46. The predicted molar refractivity (Wildman–Crippen MR) is 59.8 cm³/mol. The number of allylic oxidation sites excluding steroid dienone is 1. The Morgan fingerprint density at radius 3 is 2.40 bits per heavy atom. The van der Waals surface area contributed by atoms with E-state index in [-0.39, 0.29) is 0 Å². The summed E-state index contributed by atoms with van der Waals surface area (Å²) in [5, 5.41) is 1.55. The fourth-order valence-electron chi connectivity index (χ4n) is 1.23. The van der Waals surface area contributed by atoms with Crippen molar-refractivity contribution in [2.24, 2.45) is 0 Å². The standard InChI is InChI=1S/C10H15N3O2/c1-8(2)7-12-5-6-13(11(3)4)10(15)9(12)14/h5-6H,1,7H2,2-4H3. The molecular weight excluding hydrogens is 194 g/mol. The summed E-state index contributed by atoms with van der Waals surface area (Å²) >= 11 is 0. The molecular formula is C10H15N3O2. The molecule has 1 aromatic heterocycles. The van der Waals surface area contributed by atoms with Crippen molar-refractivity contribution in [3.05, 3.63) is 45.3 Å². The molecule has 0 aliphatic heterocycles. The fraction of sp³-hybridized carbons (Fsp3) is 0.400. The van der Waals surface area contributed by atoms with Crippen LogP contribution in [0.3, 0.4) is 0 Å². The third kappa shape index (κ3) is 2.37. The number of nitrogens with zero attached hydrogens (tertiary/aromatic N) is 3. The third-order valence-electron chi connectivity index (χ3n) is 1.91. The van der Waals surface area contributed by atoms with E-state index < -0.39 is 11.1 Å². The van der Waals surface area contributed by atoms with E-state index in [0.717, 1.165) is 5.57 Å². The number of hydrogen-bond donors (Lipinski definition) is 0. The molecule has 1 aromatic rings. The van der Waals surface area contributed by atoms with Crippen LogP contribution >= 0.6 is 0 Å². The predicted octanol–water partition coefficient (Wildman–Crippen LogP) is -0.216. The molecule has 1 heterocycles. The molecule has 0 radical (unpaired) electrons. The smallest absolute Gasteiger partial charge is 0.316 e. The lowest BCUT2D eigenvalue weighted by Gasteiger charge is -2.15. The highest BCUT2D eigenvalue weighted by Gasteiger charge is 2.05. The summed E-state index contributed by atoms with van der Waals surface area (Å²) in [4.78, 5) is 23.2. The van der Waals surface area contributed by atoms with Crippen molar-refractivity contribution in [3.63, 3.8) is 0 Å². The van der Waals surface area contributed by atoms with Crippen molar-refractivity contribution in [2.45, 2.75) is 13.5 Å². The maximum absolute atomic E-state index is 11.6. The van der Waals surface area contributed by atoms with Crippen LogP contribution in [0.25, 0.3) is 0 Å². The van der Waals surface area contributed by atoms with E-state index in [2.05, 4.69) is 6.58 Å². The van der Waals surface area contributed by atoms with Gasteiger partial charge in [-0.3, -0.25) is 9.59 Å². The summed E-state index contributed by atoms with van der Waals surface area (Å²) in [6.45, 7) is 5.89. The van der Waals surface area contributed by atoms with Crippen LogP contribution in [0, 0.1) is 0 Å². The molecule has 0 spiro atoms. The highest BCUT2D eigenvalue weighted by Crippen LogP contribution is 1.90. The number of hydrogen-bond acceptors (Lipinski definition) is 3. The first-order valence-electron chi connectivity index (χ1n) is 4.57. The highest BCUT2D eigenvalue weighted by molar-refractivity contribution is 4.95. The summed E-state index contributed by atoms with van der Waals surface area (Å²) in [7, 11) is 3.40.